The molecule has 0 aliphatic carbocycles. The molecular weight excluding hydrogens is 228 g/mol. The molecule has 2 amide bonds. The summed E-state index contributed by atoms with van der Waals surface area (Å²) >= 11 is 0. The predicted octanol–water partition coefficient (Wildman–Crippen LogP) is 1.75. The zero-order valence-electron chi connectivity index (χ0n) is 9.31. The van der Waals surface area contributed by atoms with E-state index in [1.54, 1.807) is 0 Å². The third-order valence-electron chi connectivity index (χ3n) is 1.85. The third kappa shape index (κ3) is 3.56. The molecule has 0 bridgehead atoms. The first-order chi connectivity index (χ1) is 8.06. The van der Waals surface area contributed by atoms with Crippen LogP contribution in [0.5, 0.6) is 5.75 Å². The first-order valence-electron chi connectivity index (χ1n) is 4.59. The molecule has 0 aliphatic heterocycles. The van der Waals surface area contributed by atoms with Crippen molar-refractivity contribution in [3.63, 3.8) is 0 Å². The van der Waals surface area contributed by atoms with E-state index in [9.17, 15) is 14.7 Å². The summed E-state index contributed by atoms with van der Waals surface area (Å²) in [5, 5.41) is 14.2. The molecule has 0 heterocycles. The van der Waals surface area contributed by atoms with Crippen molar-refractivity contribution in [2.75, 3.05) is 24.9 Å². The summed E-state index contributed by atoms with van der Waals surface area (Å²) in [6, 6.07) is 4.17. The van der Waals surface area contributed by atoms with Crippen molar-refractivity contribution < 1.29 is 24.2 Å². The number of amides is 2. The summed E-state index contributed by atoms with van der Waals surface area (Å²) in [6.07, 6.45) is -1.35. The fourth-order valence-corrected chi connectivity index (χ4v) is 1.04. The molecule has 17 heavy (non-hydrogen) atoms. The van der Waals surface area contributed by atoms with Crippen LogP contribution in [-0.2, 0) is 9.47 Å². The predicted molar refractivity (Wildman–Crippen MR) is 60.2 cm³/mol. The summed E-state index contributed by atoms with van der Waals surface area (Å²) < 4.78 is 8.76. The molecular formula is C10H12N2O5. The molecule has 0 aliphatic rings. The maximum absolute atomic E-state index is 10.9. The molecule has 0 unspecified atom stereocenters. The first-order valence-corrected chi connectivity index (χ1v) is 4.59. The molecule has 1 aromatic carbocycles. The van der Waals surface area contributed by atoms with Gasteiger partial charge in [0.15, 0.2) is 0 Å². The normalized spacial score (nSPS) is 9.29. The van der Waals surface area contributed by atoms with Crippen LogP contribution in [0.2, 0.25) is 0 Å². The molecule has 0 atom stereocenters. The van der Waals surface area contributed by atoms with Crippen LogP contribution in [0.1, 0.15) is 0 Å². The second kappa shape index (κ2) is 5.59. The number of benzene rings is 1. The van der Waals surface area contributed by atoms with E-state index in [1.165, 1.54) is 32.4 Å². The summed E-state index contributed by atoms with van der Waals surface area (Å²) in [4.78, 5) is 21.8. The number of phenolic OH excluding ortho intramolecular Hbond substituents is 1. The van der Waals surface area contributed by atoms with Gasteiger partial charge in [-0.1, -0.05) is 0 Å². The Labute approximate surface area is 97.3 Å². The summed E-state index contributed by atoms with van der Waals surface area (Å²) in [5.41, 5.74) is 0.511. The highest BCUT2D eigenvalue weighted by Gasteiger charge is 2.08. The van der Waals surface area contributed by atoms with Crippen LogP contribution in [0.15, 0.2) is 18.2 Å². The zero-order chi connectivity index (χ0) is 12.8. The van der Waals surface area contributed by atoms with Crippen LogP contribution in [0, 0.1) is 0 Å². The van der Waals surface area contributed by atoms with E-state index in [4.69, 9.17) is 0 Å². The standard InChI is InChI=1S/C10H12N2O5/c1-16-9(14)11-6-3-4-7(8(13)5-6)12-10(15)17-2/h3-5,13H,1-2H3,(H,11,14)(H,12,15). The maximum Gasteiger partial charge on any atom is 0.411 e. The van der Waals surface area contributed by atoms with Gasteiger partial charge in [-0.25, -0.2) is 9.59 Å². The quantitative estimate of drug-likeness (QED) is 0.684. The highest BCUT2D eigenvalue weighted by Crippen LogP contribution is 2.26. The van der Waals surface area contributed by atoms with Gasteiger partial charge in [-0.3, -0.25) is 10.6 Å². The topological polar surface area (TPSA) is 96.9 Å². The Kier molecular flexibility index (Phi) is 4.15. The Morgan fingerprint density at radius 2 is 1.71 bits per heavy atom. The van der Waals surface area contributed by atoms with Crippen LogP contribution < -0.4 is 10.6 Å². The van der Waals surface area contributed by atoms with Gasteiger partial charge in [-0.05, 0) is 12.1 Å². The van der Waals surface area contributed by atoms with Crippen LogP contribution >= 0.6 is 0 Å². The first kappa shape index (κ1) is 12.6. The molecule has 7 nitrogen and oxygen atoms in total. The Morgan fingerprint density at radius 1 is 1.12 bits per heavy atom. The van der Waals surface area contributed by atoms with E-state index < -0.39 is 12.2 Å². The van der Waals surface area contributed by atoms with Crippen molar-refractivity contribution in [3.8, 4) is 5.75 Å². The third-order valence-corrected chi connectivity index (χ3v) is 1.85. The molecule has 0 aromatic heterocycles. The van der Waals surface area contributed by atoms with E-state index in [0.29, 0.717) is 5.69 Å². The molecule has 1 rings (SSSR count). The molecule has 0 saturated carbocycles. The molecule has 0 radical (unpaired) electrons. The minimum atomic E-state index is -0.700. The lowest BCUT2D eigenvalue weighted by atomic mass is 10.2. The number of carbonyl (C=O) groups is 2. The second-order valence-corrected chi connectivity index (χ2v) is 2.97. The second-order valence-electron chi connectivity index (χ2n) is 2.97. The SMILES string of the molecule is COC(=O)Nc1ccc(NC(=O)OC)c(O)c1. The number of phenols is 1. The number of carbonyl (C=O) groups excluding carboxylic acids is 2. The van der Waals surface area contributed by atoms with E-state index in [0.717, 1.165) is 0 Å². The minimum Gasteiger partial charge on any atom is -0.506 e. The zero-order valence-corrected chi connectivity index (χ0v) is 9.31. The monoisotopic (exact) mass is 240 g/mol. The number of ether oxygens (including phenoxy) is 2. The molecule has 1 aromatic rings. The number of methoxy groups -OCH3 is 2. The van der Waals surface area contributed by atoms with Crippen LogP contribution in [0.3, 0.4) is 0 Å². The number of nitrogens with one attached hydrogen (secondary N) is 2. The summed E-state index contributed by atoms with van der Waals surface area (Å²) in [7, 11) is 2.43. The Hall–Kier alpha value is -2.44. The van der Waals surface area contributed by atoms with Gasteiger partial charge in [0.2, 0.25) is 0 Å². The van der Waals surface area contributed by atoms with Gasteiger partial charge in [0.05, 0.1) is 19.9 Å². The van der Waals surface area contributed by atoms with Crippen molar-refractivity contribution >= 4 is 23.6 Å². The largest absolute Gasteiger partial charge is 0.506 e. The molecule has 7 heteroatoms. The number of rotatable bonds is 2. The average Bonchev–Trinajstić information content (AvgIpc) is 2.32. The lowest BCUT2D eigenvalue weighted by molar-refractivity contribution is 0.186. The average molecular weight is 240 g/mol. The van der Waals surface area contributed by atoms with Crippen molar-refractivity contribution in [2.24, 2.45) is 0 Å². The smallest absolute Gasteiger partial charge is 0.411 e. The Bertz CT molecular complexity index is 433. The van der Waals surface area contributed by atoms with Crippen molar-refractivity contribution in [3.05, 3.63) is 18.2 Å². The van der Waals surface area contributed by atoms with E-state index in [-0.39, 0.29) is 11.4 Å². The Morgan fingerprint density at radius 3 is 2.24 bits per heavy atom. The summed E-state index contributed by atoms with van der Waals surface area (Å²) in [6.45, 7) is 0. The number of anilines is 2. The number of hydrogen-bond donors (Lipinski definition) is 3. The minimum absolute atomic E-state index is 0.173. The van der Waals surface area contributed by atoms with Gasteiger partial charge in [0.1, 0.15) is 5.75 Å². The fourth-order valence-electron chi connectivity index (χ4n) is 1.04. The van der Waals surface area contributed by atoms with E-state index >= 15 is 0 Å². The van der Waals surface area contributed by atoms with Crippen molar-refractivity contribution in [2.45, 2.75) is 0 Å². The van der Waals surface area contributed by atoms with Gasteiger partial charge in [-0.2, -0.15) is 0 Å². The molecule has 0 saturated heterocycles. The highest BCUT2D eigenvalue weighted by molar-refractivity contribution is 5.89. The van der Waals surface area contributed by atoms with Crippen molar-refractivity contribution in [1.29, 1.82) is 0 Å². The maximum atomic E-state index is 10.9. The molecule has 3 N–H and O–H groups in total. The van der Waals surface area contributed by atoms with Crippen LogP contribution in [0.4, 0.5) is 21.0 Å². The van der Waals surface area contributed by atoms with Crippen molar-refractivity contribution in [1.82, 2.24) is 0 Å². The number of hydrogen-bond acceptors (Lipinski definition) is 5. The van der Waals surface area contributed by atoms with Crippen LogP contribution in [0.25, 0.3) is 0 Å². The molecule has 0 fully saturated rings. The van der Waals surface area contributed by atoms with Gasteiger partial charge in [-0.15, -0.1) is 0 Å². The fraction of sp³-hybridized carbons (Fsp3) is 0.200. The van der Waals surface area contributed by atoms with E-state index in [1.807, 2.05) is 0 Å². The highest BCUT2D eigenvalue weighted by atomic mass is 16.5. The summed E-state index contributed by atoms with van der Waals surface area (Å²) in [5.74, 6) is -0.204. The molecule has 0 spiro atoms. The lowest BCUT2D eigenvalue weighted by Gasteiger charge is -2.08. The van der Waals surface area contributed by atoms with Crippen LogP contribution in [-0.4, -0.2) is 31.5 Å². The van der Waals surface area contributed by atoms with Gasteiger partial charge in [0.25, 0.3) is 0 Å². The van der Waals surface area contributed by atoms with Gasteiger partial charge < -0.3 is 14.6 Å². The molecule has 92 valence electrons. The number of aromatic hydroxyl groups is 1. The van der Waals surface area contributed by atoms with Gasteiger partial charge in [0, 0.05) is 11.8 Å². The lowest BCUT2D eigenvalue weighted by Crippen LogP contribution is -2.12. The Balaban J connectivity index is 2.79. The van der Waals surface area contributed by atoms with Gasteiger partial charge >= 0.3 is 12.2 Å². The van der Waals surface area contributed by atoms with E-state index in [2.05, 4.69) is 20.1 Å².